The van der Waals surface area contributed by atoms with E-state index in [1.807, 2.05) is 81.6 Å². The van der Waals surface area contributed by atoms with Crippen LogP contribution in [0.25, 0.3) is 27.5 Å². The Morgan fingerprint density at radius 2 is 1.71 bits per heavy atom. The molecule has 0 amide bonds. The largest absolute Gasteiger partial charge is 0.464 e. The van der Waals surface area contributed by atoms with Crippen LogP contribution in [0.15, 0.2) is 127 Å². The maximum Gasteiger partial charge on any atom is 0.359 e. The van der Waals surface area contributed by atoms with Gasteiger partial charge in [-0.3, -0.25) is 9.08 Å². The van der Waals surface area contributed by atoms with Crippen LogP contribution in [-0.2, 0) is 10.3 Å². The Kier molecular flexibility index (Phi) is 6.60. The summed E-state index contributed by atoms with van der Waals surface area (Å²) in [4.78, 5) is 22.4. The molecule has 7 nitrogen and oxygen atoms in total. The number of rotatable bonds is 7. The van der Waals surface area contributed by atoms with E-state index in [4.69, 9.17) is 9.84 Å². The van der Waals surface area contributed by atoms with E-state index in [1.165, 1.54) is 7.11 Å². The first-order valence-electron chi connectivity index (χ1n) is 13.7. The molecule has 1 aliphatic carbocycles. The number of allylic oxidation sites excluding steroid dienone is 4. The summed E-state index contributed by atoms with van der Waals surface area (Å²) in [6.45, 7) is 0. The lowest BCUT2D eigenvalue weighted by Crippen LogP contribution is -2.43. The average Bonchev–Trinajstić information content (AvgIpc) is 3.83. The minimum atomic E-state index is -0.740. The van der Waals surface area contributed by atoms with E-state index in [1.54, 1.807) is 17.5 Å². The van der Waals surface area contributed by atoms with Gasteiger partial charge >= 0.3 is 5.97 Å². The van der Waals surface area contributed by atoms with E-state index in [2.05, 4.69) is 58.5 Å². The number of aromatic nitrogens is 5. The van der Waals surface area contributed by atoms with Crippen LogP contribution < -0.4 is 0 Å². The van der Waals surface area contributed by atoms with Gasteiger partial charge in [0.2, 0.25) is 0 Å². The second kappa shape index (κ2) is 10.7. The van der Waals surface area contributed by atoms with E-state index in [0.29, 0.717) is 5.56 Å². The first kappa shape index (κ1) is 25.9. The molecule has 8 heteroatoms. The molecule has 0 aliphatic heterocycles. The standard InChI is InChI=1S/C34H27N5O2S/c1-41-33(40)31-28(24-17-18-30-36-21-29(38(30)22-24)32-35-19-20-42-32)23-39(37-31)34(25-11-5-2-6-12-25,26-13-7-3-8-14-26)27-15-9-4-10-16-27/h2-15,17-23,27H,16H2,1H3. The molecule has 0 spiro atoms. The molecule has 0 saturated carbocycles. The number of methoxy groups -OCH3 is 1. The lowest BCUT2D eigenvalue weighted by Gasteiger charge is -2.41. The highest BCUT2D eigenvalue weighted by molar-refractivity contribution is 7.13. The molecular formula is C34H27N5O2S. The number of ether oxygens (including phenoxy) is 1. The number of imidazole rings is 1. The Morgan fingerprint density at radius 3 is 2.36 bits per heavy atom. The van der Waals surface area contributed by atoms with Crippen molar-refractivity contribution in [2.75, 3.05) is 7.11 Å². The van der Waals surface area contributed by atoms with Gasteiger partial charge in [-0.25, -0.2) is 14.8 Å². The summed E-state index contributed by atoms with van der Waals surface area (Å²) in [6, 6.07) is 24.7. The molecule has 4 heterocycles. The van der Waals surface area contributed by atoms with Crippen LogP contribution in [0.5, 0.6) is 0 Å². The molecule has 2 aromatic carbocycles. The van der Waals surface area contributed by atoms with Gasteiger partial charge in [0.15, 0.2) is 5.69 Å². The number of carbonyl (C=O) groups is 1. The lowest BCUT2D eigenvalue weighted by atomic mass is 9.70. The van der Waals surface area contributed by atoms with Crippen molar-refractivity contribution in [3.05, 3.63) is 144 Å². The molecule has 1 unspecified atom stereocenters. The lowest BCUT2D eigenvalue weighted by molar-refractivity contribution is 0.0592. The summed E-state index contributed by atoms with van der Waals surface area (Å²) in [5.74, 6) is -0.470. The van der Waals surface area contributed by atoms with E-state index in [9.17, 15) is 4.79 Å². The third-order valence-corrected chi connectivity index (χ3v) is 8.66. The zero-order chi connectivity index (χ0) is 28.5. The molecule has 0 radical (unpaired) electrons. The van der Waals surface area contributed by atoms with Gasteiger partial charge in [-0.2, -0.15) is 5.10 Å². The number of fused-ring (bicyclic) bond motifs is 1. The van der Waals surface area contributed by atoms with Gasteiger partial charge in [0.25, 0.3) is 0 Å². The average molecular weight is 570 g/mol. The van der Waals surface area contributed by atoms with Crippen LogP contribution >= 0.6 is 11.3 Å². The SMILES string of the molecule is COC(=O)c1nn(C(c2ccccc2)(c2ccccc2)C2C=CC=CC2)cc1-c1ccc2ncc(-c3nccs3)n2c1. The van der Waals surface area contributed by atoms with Crippen molar-refractivity contribution < 1.29 is 9.53 Å². The second-order valence-electron chi connectivity index (χ2n) is 10.1. The number of carbonyl (C=O) groups excluding carboxylic acids is 1. The molecule has 7 rings (SSSR count). The van der Waals surface area contributed by atoms with Crippen LogP contribution in [0.3, 0.4) is 0 Å². The van der Waals surface area contributed by atoms with Crippen molar-refractivity contribution in [1.82, 2.24) is 24.1 Å². The number of pyridine rings is 1. The van der Waals surface area contributed by atoms with Crippen molar-refractivity contribution in [2.24, 2.45) is 5.92 Å². The Balaban J connectivity index is 1.50. The first-order valence-corrected chi connectivity index (χ1v) is 14.6. The smallest absolute Gasteiger partial charge is 0.359 e. The third kappa shape index (κ3) is 4.19. The Bertz CT molecular complexity index is 1880. The summed E-state index contributed by atoms with van der Waals surface area (Å²) < 4.78 is 9.24. The topological polar surface area (TPSA) is 74.3 Å². The predicted octanol–water partition coefficient (Wildman–Crippen LogP) is 7.03. The minimum absolute atomic E-state index is 0.0261. The first-order chi connectivity index (χ1) is 20.7. The highest BCUT2D eigenvalue weighted by atomic mass is 32.1. The zero-order valence-corrected chi connectivity index (χ0v) is 23.7. The van der Waals surface area contributed by atoms with Crippen LogP contribution in [0.2, 0.25) is 0 Å². The molecule has 0 N–H and O–H groups in total. The molecular weight excluding hydrogens is 542 g/mol. The molecule has 0 bridgehead atoms. The fourth-order valence-electron chi connectivity index (χ4n) is 5.97. The van der Waals surface area contributed by atoms with E-state index >= 15 is 0 Å². The molecule has 6 aromatic rings. The van der Waals surface area contributed by atoms with Crippen LogP contribution in [0.4, 0.5) is 0 Å². The molecule has 0 fully saturated rings. The van der Waals surface area contributed by atoms with Gasteiger partial charge < -0.3 is 4.74 Å². The van der Waals surface area contributed by atoms with Crippen LogP contribution in [-0.4, -0.2) is 37.2 Å². The molecule has 0 saturated heterocycles. The normalized spacial score (nSPS) is 14.8. The van der Waals surface area contributed by atoms with Crippen molar-refractivity contribution >= 4 is 23.0 Å². The Labute approximate surface area is 247 Å². The highest BCUT2D eigenvalue weighted by Gasteiger charge is 2.44. The van der Waals surface area contributed by atoms with Gasteiger partial charge in [-0.15, -0.1) is 11.3 Å². The number of nitrogens with zero attached hydrogens (tertiary/aromatic N) is 5. The molecule has 1 atom stereocenters. The number of benzene rings is 2. The van der Waals surface area contributed by atoms with Gasteiger partial charge in [-0.05, 0) is 29.7 Å². The fraction of sp³-hybridized carbons (Fsp3) is 0.118. The zero-order valence-electron chi connectivity index (χ0n) is 22.9. The molecule has 42 heavy (non-hydrogen) atoms. The molecule has 4 aromatic heterocycles. The van der Waals surface area contributed by atoms with Gasteiger partial charge in [0.1, 0.15) is 21.9 Å². The van der Waals surface area contributed by atoms with Crippen molar-refractivity contribution in [2.45, 2.75) is 12.0 Å². The van der Waals surface area contributed by atoms with Gasteiger partial charge in [0, 0.05) is 41.0 Å². The fourth-order valence-corrected chi connectivity index (χ4v) is 6.61. The molecule has 1 aliphatic rings. The quantitative estimate of drug-likeness (QED) is 0.193. The van der Waals surface area contributed by atoms with Crippen molar-refractivity contribution in [3.8, 4) is 21.8 Å². The van der Waals surface area contributed by atoms with E-state index in [-0.39, 0.29) is 11.6 Å². The monoisotopic (exact) mass is 569 g/mol. The maximum absolute atomic E-state index is 13.3. The Morgan fingerprint density at radius 1 is 0.952 bits per heavy atom. The maximum atomic E-state index is 13.3. The minimum Gasteiger partial charge on any atom is -0.464 e. The number of esters is 1. The van der Waals surface area contributed by atoms with Crippen molar-refractivity contribution in [3.63, 3.8) is 0 Å². The number of hydrogen-bond acceptors (Lipinski definition) is 6. The van der Waals surface area contributed by atoms with E-state index < -0.39 is 11.5 Å². The summed E-state index contributed by atoms with van der Waals surface area (Å²) in [6.07, 6.45) is 17.0. The van der Waals surface area contributed by atoms with Crippen molar-refractivity contribution in [1.29, 1.82) is 0 Å². The summed E-state index contributed by atoms with van der Waals surface area (Å²) in [5, 5.41) is 7.86. The number of thiazole rings is 1. The van der Waals surface area contributed by atoms with Gasteiger partial charge in [0.05, 0.1) is 13.3 Å². The van der Waals surface area contributed by atoms with Gasteiger partial charge in [-0.1, -0.05) is 85.0 Å². The molecule has 206 valence electrons. The summed E-state index contributed by atoms with van der Waals surface area (Å²) >= 11 is 1.55. The third-order valence-electron chi connectivity index (χ3n) is 7.87. The highest BCUT2D eigenvalue weighted by Crippen LogP contribution is 2.45. The summed E-state index contributed by atoms with van der Waals surface area (Å²) in [7, 11) is 1.39. The number of hydrogen-bond donors (Lipinski definition) is 0. The Hall–Kier alpha value is -5.08. The summed E-state index contributed by atoms with van der Waals surface area (Å²) in [5.41, 5.74) is 4.82. The van der Waals surface area contributed by atoms with E-state index in [0.717, 1.165) is 39.5 Å². The second-order valence-corrected chi connectivity index (χ2v) is 11.0. The predicted molar refractivity (Wildman–Crippen MR) is 164 cm³/mol. The van der Waals surface area contributed by atoms with Crippen LogP contribution in [0, 0.1) is 5.92 Å². The van der Waals surface area contributed by atoms with Crippen LogP contribution in [0.1, 0.15) is 28.0 Å².